The lowest BCUT2D eigenvalue weighted by atomic mass is 10.3. The van der Waals surface area contributed by atoms with Crippen molar-refractivity contribution in [1.82, 2.24) is 4.72 Å². The van der Waals surface area contributed by atoms with Crippen molar-refractivity contribution < 1.29 is 0 Å². The Hall–Kier alpha value is -0.380. The molecule has 64 valence electrons. The smallest absolute Gasteiger partial charge is 0.0774 e. The molecule has 0 bridgehead atoms. The van der Waals surface area contributed by atoms with Crippen LogP contribution < -0.4 is 9.62 Å². The third kappa shape index (κ3) is 1.40. The Morgan fingerprint density at radius 3 is 3.25 bits per heavy atom. The number of benzene rings is 1. The van der Waals surface area contributed by atoms with E-state index in [9.17, 15) is 0 Å². The number of fused-ring (bicyclic) bond motifs is 1. The van der Waals surface area contributed by atoms with Gasteiger partial charge in [-0.25, -0.2) is 4.72 Å². The van der Waals surface area contributed by atoms with E-state index in [0.29, 0.717) is 0 Å². The highest BCUT2D eigenvalue weighted by Gasteiger charge is 2.13. The Morgan fingerprint density at radius 1 is 1.58 bits per heavy atom. The molecule has 0 fully saturated rings. The fourth-order valence-electron chi connectivity index (χ4n) is 1.18. The molecule has 1 N–H and O–H groups in total. The van der Waals surface area contributed by atoms with Crippen LogP contribution in [0.4, 0.5) is 5.69 Å². The fraction of sp³-hybridized carbons (Fsp3) is 0.250. The van der Waals surface area contributed by atoms with Crippen LogP contribution >= 0.6 is 23.5 Å². The van der Waals surface area contributed by atoms with Crippen LogP contribution in [0.1, 0.15) is 0 Å². The highest BCUT2D eigenvalue weighted by atomic mass is 35.5. The lowest BCUT2D eigenvalue weighted by Crippen LogP contribution is -2.30. The van der Waals surface area contributed by atoms with Crippen LogP contribution in [0.3, 0.4) is 0 Å². The predicted octanol–water partition coefficient (Wildman–Crippen LogP) is 2.34. The number of halogens is 1. The zero-order chi connectivity index (χ0) is 8.55. The number of hydrogen-bond donors (Lipinski definition) is 1. The molecule has 1 aromatic rings. The first kappa shape index (κ1) is 8.23. The van der Waals surface area contributed by atoms with Crippen LogP contribution in [0.5, 0.6) is 0 Å². The molecule has 0 saturated carbocycles. The highest BCUT2D eigenvalue weighted by molar-refractivity contribution is 7.97. The summed E-state index contributed by atoms with van der Waals surface area (Å²) >= 11 is 7.50. The second-order valence-electron chi connectivity index (χ2n) is 2.71. The Balaban J connectivity index is 2.46. The minimum absolute atomic E-state index is 0.790. The first-order chi connectivity index (χ1) is 5.77. The molecule has 0 unspecified atom stereocenters. The van der Waals surface area contributed by atoms with Gasteiger partial charge in [-0.15, -0.1) is 0 Å². The molecule has 1 aliphatic heterocycles. The Labute approximate surface area is 81.0 Å². The SMILES string of the molecule is CN1CNSc2cc(Cl)ccc21. The summed E-state index contributed by atoms with van der Waals surface area (Å²) in [5, 5.41) is 0.790. The minimum atomic E-state index is 0.790. The van der Waals surface area contributed by atoms with Crippen molar-refractivity contribution in [2.24, 2.45) is 0 Å². The van der Waals surface area contributed by atoms with Crippen LogP contribution in [0.15, 0.2) is 23.1 Å². The van der Waals surface area contributed by atoms with E-state index in [-0.39, 0.29) is 0 Å². The van der Waals surface area contributed by atoms with Gasteiger partial charge in [0.15, 0.2) is 0 Å². The molecule has 2 rings (SSSR count). The summed E-state index contributed by atoms with van der Waals surface area (Å²) < 4.78 is 3.20. The van der Waals surface area contributed by atoms with Crippen LogP contribution in [0, 0.1) is 0 Å². The number of hydrogen-bond acceptors (Lipinski definition) is 3. The summed E-state index contributed by atoms with van der Waals surface area (Å²) in [5.74, 6) is 0. The van der Waals surface area contributed by atoms with E-state index in [1.807, 2.05) is 18.2 Å². The molecule has 1 aliphatic rings. The van der Waals surface area contributed by atoms with Crippen molar-refractivity contribution in [3.63, 3.8) is 0 Å². The molecule has 2 nitrogen and oxygen atoms in total. The maximum Gasteiger partial charge on any atom is 0.0774 e. The summed E-state index contributed by atoms with van der Waals surface area (Å²) in [6, 6.07) is 5.94. The lowest BCUT2D eigenvalue weighted by molar-refractivity contribution is 0.851. The van der Waals surface area contributed by atoms with Gasteiger partial charge in [-0.1, -0.05) is 11.6 Å². The molecule has 1 heterocycles. The van der Waals surface area contributed by atoms with Gasteiger partial charge < -0.3 is 4.90 Å². The molecule has 0 saturated heterocycles. The Kier molecular flexibility index (Phi) is 2.17. The van der Waals surface area contributed by atoms with E-state index in [1.165, 1.54) is 10.6 Å². The van der Waals surface area contributed by atoms with Crippen molar-refractivity contribution in [3.05, 3.63) is 23.2 Å². The normalized spacial score (nSPS) is 16.0. The average Bonchev–Trinajstić information content (AvgIpc) is 2.04. The predicted molar refractivity (Wildman–Crippen MR) is 53.7 cm³/mol. The van der Waals surface area contributed by atoms with Gasteiger partial charge >= 0.3 is 0 Å². The molecule has 0 aromatic heterocycles. The maximum absolute atomic E-state index is 5.86. The highest BCUT2D eigenvalue weighted by Crippen LogP contribution is 2.33. The summed E-state index contributed by atoms with van der Waals surface area (Å²) in [4.78, 5) is 3.35. The van der Waals surface area contributed by atoms with E-state index in [0.717, 1.165) is 11.7 Å². The van der Waals surface area contributed by atoms with Gasteiger partial charge in [-0.2, -0.15) is 0 Å². The number of nitrogens with one attached hydrogen (secondary N) is 1. The van der Waals surface area contributed by atoms with Crippen molar-refractivity contribution in [3.8, 4) is 0 Å². The quantitative estimate of drug-likeness (QED) is 0.648. The minimum Gasteiger partial charge on any atom is -0.360 e. The monoisotopic (exact) mass is 200 g/mol. The molecule has 1 aromatic carbocycles. The van der Waals surface area contributed by atoms with Gasteiger partial charge in [0.1, 0.15) is 0 Å². The van der Waals surface area contributed by atoms with Gasteiger partial charge in [0.05, 0.1) is 12.4 Å². The maximum atomic E-state index is 5.86. The topological polar surface area (TPSA) is 15.3 Å². The number of nitrogens with zero attached hydrogens (tertiary/aromatic N) is 1. The molecular formula is C8H9ClN2S. The Bertz CT molecular complexity index is 303. The van der Waals surface area contributed by atoms with Gasteiger partial charge in [0.25, 0.3) is 0 Å². The third-order valence-electron chi connectivity index (χ3n) is 1.82. The van der Waals surface area contributed by atoms with Crippen molar-refractivity contribution in [1.29, 1.82) is 0 Å². The van der Waals surface area contributed by atoms with E-state index in [2.05, 4.69) is 16.7 Å². The van der Waals surface area contributed by atoms with E-state index < -0.39 is 0 Å². The van der Waals surface area contributed by atoms with Crippen LogP contribution in [0.2, 0.25) is 5.02 Å². The first-order valence-electron chi connectivity index (χ1n) is 3.68. The summed E-state index contributed by atoms with van der Waals surface area (Å²) in [7, 11) is 2.06. The molecule has 0 spiro atoms. The van der Waals surface area contributed by atoms with E-state index >= 15 is 0 Å². The van der Waals surface area contributed by atoms with Gasteiger partial charge in [0.2, 0.25) is 0 Å². The standard InChI is InChI=1S/C8H9ClN2S/c1-11-5-10-12-8-4-6(9)2-3-7(8)11/h2-4,10H,5H2,1H3. The largest absolute Gasteiger partial charge is 0.360 e. The molecule has 0 aliphatic carbocycles. The molecule has 0 amide bonds. The number of rotatable bonds is 0. The molecule has 0 atom stereocenters. The van der Waals surface area contributed by atoms with Crippen LogP contribution in [0.25, 0.3) is 0 Å². The van der Waals surface area contributed by atoms with Gasteiger partial charge in [-0.05, 0) is 30.1 Å². The van der Waals surface area contributed by atoms with E-state index in [1.54, 1.807) is 11.9 Å². The molecule has 0 radical (unpaired) electrons. The Morgan fingerprint density at radius 2 is 2.42 bits per heavy atom. The van der Waals surface area contributed by atoms with Gasteiger partial charge in [-0.3, -0.25) is 0 Å². The lowest BCUT2D eigenvalue weighted by Gasteiger charge is -2.27. The zero-order valence-electron chi connectivity index (χ0n) is 6.67. The fourth-order valence-corrected chi connectivity index (χ4v) is 2.34. The zero-order valence-corrected chi connectivity index (χ0v) is 8.25. The van der Waals surface area contributed by atoms with Crippen LogP contribution in [-0.4, -0.2) is 13.7 Å². The van der Waals surface area contributed by atoms with Gasteiger partial charge in [0, 0.05) is 17.0 Å². The molecular weight excluding hydrogens is 192 g/mol. The number of anilines is 1. The summed E-state index contributed by atoms with van der Waals surface area (Å²) in [6.07, 6.45) is 0. The van der Waals surface area contributed by atoms with E-state index in [4.69, 9.17) is 11.6 Å². The average molecular weight is 201 g/mol. The summed E-state index contributed by atoms with van der Waals surface area (Å²) in [5.41, 5.74) is 1.24. The second kappa shape index (κ2) is 3.17. The van der Waals surface area contributed by atoms with Crippen molar-refractivity contribution in [2.75, 3.05) is 18.6 Å². The molecule has 12 heavy (non-hydrogen) atoms. The third-order valence-corrected chi connectivity index (χ3v) is 2.87. The molecule has 4 heteroatoms. The van der Waals surface area contributed by atoms with Crippen molar-refractivity contribution >= 4 is 29.2 Å². The van der Waals surface area contributed by atoms with Crippen molar-refractivity contribution in [2.45, 2.75) is 4.90 Å². The second-order valence-corrected chi connectivity index (χ2v) is 4.08. The summed E-state index contributed by atoms with van der Waals surface area (Å²) in [6.45, 7) is 0.874. The first-order valence-corrected chi connectivity index (χ1v) is 4.87. The van der Waals surface area contributed by atoms with Crippen LogP contribution in [-0.2, 0) is 0 Å².